The van der Waals surface area contributed by atoms with Crippen molar-refractivity contribution in [1.29, 1.82) is 0 Å². The molecule has 0 spiro atoms. The van der Waals surface area contributed by atoms with Crippen molar-refractivity contribution >= 4 is 15.0 Å². The summed E-state index contributed by atoms with van der Waals surface area (Å²) in [5.74, 6) is 1.57. The van der Waals surface area contributed by atoms with Gasteiger partial charge in [0, 0.05) is 0 Å². The van der Waals surface area contributed by atoms with Crippen molar-refractivity contribution in [3.8, 4) is 0 Å². The van der Waals surface area contributed by atoms with Crippen LogP contribution in [0.15, 0.2) is 0 Å². The number of hydrogen-bond acceptors (Lipinski definition) is 0. The monoisotopic (exact) mass is 178 g/mol. The van der Waals surface area contributed by atoms with Crippen molar-refractivity contribution in [2.45, 2.75) is 17.3 Å². The molecule has 7 heavy (non-hydrogen) atoms. The van der Waals surface area contributed by atoms with Crippen molar-refractivity contribution in [3.63, 3.8) is 0 Å². The average Bonchev–Trinajstić information content (AvgIpc) is 1.30. The number of hydrogen-bond donors (Lipinski definition) is 0. The van der Waals surface area contributed by atoms with Crippen LogP contribution in [0, 0.1) is 0 Å². The zero-order valence-corrected chi connectivity index (χ0v) is 5.46. The maximum absolute atomic E-state index is 11.1. The summed E-state index contributed by atoms with van der Waals surface area (Å²) in [7, 11) is 0. The molecule has 0 aliphatic heterocycles. The molecule has 0 aromatic rings. The van der Waals surface area contributed by atoms with Crippen molar-refractivity contribution in [1.82, 2.24) is 0 Å². The van der Waals surface area contributed by atoms with E-state index < -0.39 is 11.5 Å². The summed E-state index contributed by atoms with van der Waals surface area (Å²) >= 11 is -0.266. The first-order chi connectivity index (χ1) is 3.06. The van der Waals surface area contributed by atoms with E-state index >= 15 is 0 Å². The topological polar surface area (TPSA) is 0 Å². The van der Waals surface area contributed by atoms with Gasteiger partial charge in [-0.25, -0.2) is 0 Å². The molecule has 0 unspecified atom stereocenters. The fourth-order valence-corrected chi connectivity index (χ4v) is 0.850. The summed E-state index contributed by atoms with van der Waals surface area (Å²) in [5.41, 5.74) is 0. The fourth-order valence-electron chi connectivity index (χ4n) is 0.164. The van der Waals surface area contributed by atoms with Crippen LogP contribution in [0.3, 0.4) is 0 Å². The van der Waals surface area contributed by atoms with Crippen LogP contribution in [0.1, 0.15) is 0 Å². The molecule has 44 valence electrons. The molecule has 0 bridgehead atoms. The first-order valence-electron chi connectivity index (χ1n) is 1.62. The van der Waals surface area contributed by atoms with Gasteiger partial charge in [-0.2, -0.15) is 0 Å². The number of rotatable bonds is 1. The Balaban J connectivity index is 3.15. The quantitative estimate of drug-likeness (QED) is 0.535. The third-order valence-corrected chi connectivity index (χ3v) is 1.60. The van der Waals surface area contributed by atoms with E-state index in [1.165, 1.54) is 0 Å². The van der Waals surface area contributed by atoms with Gasteiger partial charge in [0.05, 0.1) is 0 Å². The van der Waals surface area contributed by atoms with Crippen LogP contribution in [-0.4, -0.2) is 21.1 Å². The summed E-state index contributed by atoms with van der Waals surface area (Å²) in [6.45, 7) is 0. The molecule has 0 aliphatic carbocycles. The molecule has 0 N–H and O–H groups in total. The Morgan fingerprint density at radius 3 is 1.86 bits per heavy atom. The van der Waals surface area contributed by atoms with Gasteiger partial charge in [0.25, 0.3) is 0 Å². The summed E-state index contributed by atoms with van der Waals surface area (Å²) < 4.78 is 33.2. The van der Waals surface area contributed by atoms with E-state index in [1.54, 1.807) is 5.82 Å². The molecule has 0 heterocycles. The molecule has 0 aromatic carbocycles. The molecule has 0 aliphatic rings. The number of alkyl halides is 3. The maximum atomic E-state index is 11.1. The second-order valence-electron chi connectivity index (χ2n) is 1.05. The molecule has 0 nitrogen and oxygen atoms in total. The van der Waals surface area contributed by atoms with Crippen LogP contribution >= 0.6 is 0 Å². The van der Waals surface area contributed by atoms with E-state index in [4.69, 9.17) is 0 Å². The predicted molar refractivity (Wildman–Crippen MR) is 22.5 cm³/mol. The van der Waals surface area contributed by atoms with Gasteiger partial charge < -0.3 is 0 Å². The molecule has 0 aromatic heterocycles. The molecule has 4 heteroatoms. The van der Waals surface area contributed by atoms with Gasteiger partial charge in [0.1, 0.15) is 0 Å². The molecular weight excluding hydrogens is 172 g/mol. The molecule has 0 saturated carbocycles. The van der Waals surface area contributed by atoms with E-state index in [-0.39, 0.29) is 15.0 Å². The van der Waals surface area contributed by atoms with E-state index in [0.717, 1.165) is 0 Å². The van der Waals surface area contributed by atoms with Crippen LogP contribution in [-0.2, 0) is 0 Å². The van der Waals surface area contributed by atoms with Crippen molar-refractivity contribution in [3.05, 3.63) is 0 Å². The first-order valence-corrected chi connectivity index (χ1v) is 4.54. The van der Waals surface area contributed by atoms with E-state index in [2.05, 4.69) is 0 Å². The van der Waals surface area contributed by atoms with Gasteiger partial charge in [-0.05, 0) is 0 Å². The van der Waals surface area contributed by atoms with E-state index in [9.17, 15) is 13.2 Å². The Labute approximate surface area is 46.2 Å². The zero-order chi connectivity index (χ0) is 5.91. The van der Waals surface area contributed by atoms with Gasteiger partial charge in [0.15, 0.2) is 0 Å². The molecular formula is C3H5F3Se. The minimum absolute atomic E-state index is 0.266. The summed E-state index contributed by atoms with van der Waals surface area (Å²) in [5, 5.41) is -0.597. The van der Waals surface area contributed by atoms with Crippen LogP contribution in [0.2, 0.25) is 11.1 Å². The van der Waals surface area contributed by atoms with Crippen molar-refractivity contribution in [2.24, 2.45) is 0 Å². The normalized spacial score (nSPS) is 12.0. The third-order valence-electron chi connectivity index (χ3n) is 0.308. The van der Waals surface area contributed by atoms with Gasteiger partial charge >= 0.3 is 45.4 Å². The minimum atomic E-state index is -3.92. The second-order valence-corrected chi connectivity index (χ2v) is 2.87. The summed E-state index contributed by atoms with van der Waals surface area (Å²) in [6.07, 6.45) is -3.92. The van der Waals surface area contributed by atoms with Crippen LogP contribution in [0.25, 0.3) is 0 Å². The van der Waals surface area contributed by atoms with Crippen LogP contribution < -0.4 is 0 Å². The molecule has 0 saturated heterocycles. The van der Waals surface area contributed by atoms with Crippen LogP contribution in [0.5, 0.6) is 0 Å². The zero-order valence-electron chi connectivity index (χ0n) is 3.75. The van der Waals surface area contributed by atoms with Crippen molar-refractivity contribution < 1.29 is 13.2 Å². The van der Waals surface area contributed by atoms with Crippen molar-refractivity contribution in [2.75, 3.05) is 0 Å². The van der Waals surface area contributed by atoms with E-state index in [0.29, 0.717) is 0 Å². The third kappa shape index (κ3) is 6.31. The predicted octanol–water partition coefficient (Wildman–Crippen LogP) is 1.72. The van der Waals surface area contributed by atoms with Gasteiger partial charge in [-0.3, -0.25) is 0 Å². The Hall–Kier alpha value is 0.309. The first kappa shape index (κ1) is 7.31. The molecule has 0 fully saturated rings. The Kier molecular flexibility index (Phi) is 2.69. The van der Waals surface area contributed by atoms with Gasteiger partial charge in [-0.15, -0.1) is 0 Å². The summed E-state index contributed by atoms with van der Waals surface area (Å²) in [4.78, 5) is 0. The molecule has 0 rings (SSSR count). The Morgan fingerprint density at radius 1 is 1.43 bits per heavy atom. The average molecular weight is 177 g/mol. The Bertz CT molecular complexity index is 48.6. The SMILES string of the molecule is C[Se]CC(F)(F)F. The summed E-state index contributed by atoms with van der Waals surface area (Å²) in [6, 6.07) is 0. The molecule has 0 amide bonds. The van der Waals surface area contributed by atoms with E-state index in [1.807, 2.05) is 0 Å². The molecule has 0 atom stereocenters. The Morgan fingerprint density at radius 2 is 1.86 bits per heavy atom. The molecule has 0 radical (unpaired) electrons. The van der Waals surface area contributed by atoms with Gasteiger partial charge in [0.2, 0.25) is 0 Å². The number of halogens is 3. The van der Waals surface area contributed by atoms with Gasteiger partial charge in [-0.1, -0.05) is 0 Å². The second kappa shape index (κ2) is 2.58. The standard InChI is InChI=1S/C3H5F3Se/c1-7-2-3(4,5)6/h2H2,1H3. The fraction of sp³-hybridized carbons (Fsp3) is 1.00. The van der Waals surface area contributed by atoms with Crippen LogP contribution in [0.4, 0.5) is 13.2 Å².